The normalized spacial score (nSPS) is 23.8. The summed E-state index contributed by atoms with van der Waals surface area (Å²) < 4.78 is 11.0. The number of hydrogen-bond donors (Lipinski definition) is 3. The molecule has 2 saturated carbocycles. The van der Waals surface area contributed by atoms with E-state index in [9.17, 15) is 19.5 Å². The van der Waals surface area contributed by atoms with E-state index in [1.807, 2.05) is 44.2 Å². The van der Waals surface area contributed by atoms with Crippen LogP contribution in [0.4, 0.5) is 0 Å². The first-order valence-electron chi connectivity index (χ1n) is 19.7. The summed E-state index contributed by atoms with van der Waals surface area (Å²) in [6.07, 6.45) is 6.64. The maximum absolute atomic E-state index is 12.5. The van der Waals surface area contributed by atoms with Crippen molar-refractivity contribution >= 4 is 29.7 Å². The van der Waals surface area contributed by atoms with Gasteiger partial charge in [0.15, 0.2) is 0 Å². The third-order valence-electron chi connectivity index (χ3n) is 9.98. The lowest BCUT2D eigenvalue weighted by atomic mass is 9.75. The van der Waals surface area contributed by atoms with E-state index in [4.69, 9.17) is 26.4 Å². The van der Waals surface area contributed by atoms with Crippen molar-refractivity contribution in [1.82, 2.24) is 4.84 Å². The number of rotatable bonds is 10. The average molecular weight is 760 g/mol. The van der Waals surface area contributed by atoms with E-state index in [-0.39, 0.29) is 24.6 Å². The van der Waals surface area contributed by atoms with Gasteiger partial charge >= 0.3 is 17.9 Å². The van der Waals surface area contributed by atoms with Gasteiger partial charge in [0.1, 0.15) is 17.7 Å². The van der Waals surface area contributed by atoms with E-state index in [1.54, 1.807) is 51.1 Å². The topological polar surface area (TPSA) is 122 Å². The van der Waals surface area contributed by atoms with Gasteiger partial charge in [0.25, 0.3) is 0 Å². The van der Waals surface area contributed by atoms with E-state index in [0.717, 1.165) is 30.7 Å². The number of carbonyl (C=O) groups excluding carboxylic acids is 2. The molecule has 2 aromatic rings. The predicted octanol–water partition coefficient (Wildman–Crippen LogP) is 10.5. The van der Waals surface area contributed by atoms with E-state index in [0.29, 0.717) is 35.2 Å². The number of aliphatic hydroxyl groups is 1. The summed E-state index contributed by atoms with van der Waals surface area (Å²) in [6.45, 7) is 22.6. The van der Waals surface area contributed by atoms with Gasteiger partial charge in [-0.15, -0.1) is 0 Å². The molecule has 53 heavy (non-hydrogen) atoms. The van der Waals surface area contributed by atoms with Crippen molar-refractivity contribution in [2.45, 2.75) is 151 Å². The Balaban J connectivity index is 0.000000407. The highest BCUT2D eigenvalue weighted by atomic mass is 35.5. The number of carbonyl (C=O) groups is 3. The number of benzene rings is 2. The first-order valence-corrected chi connectivity index (χ1v) is 20.1. The Morgan fingerprint density at radius 3 is 1.70 bits per heavy atom. The summed E-state index contributed by atoms with van der Waals surface area (Å²) in [5.74, 6) is 0.838. The number of carboxylic acids is 1. The second-order valence-corrected chi connectivity index (χ2v) is 16.5. The molecule has 3 N–H and O–H groups in total. The van der Waals surface area contributed by atoms with Crippen LogP contribution in [0.1, 0.15) is 144 Å². The van der Waals surface area contributed by atoms with Crippen LogP contribution in [0.3, 0.4) is 0 Å². The van der Waals surface area contributed by atoms with Crippen molar-refractivity contribution < 1.29 is 34.1 Å². The fraction of sp³-hybridized carbons (Fsp3) is 0.659. The molecule has 0 unspecified atom stereocenters. The summed E-state index contributed by atoms with van der Waals surface area (Å²) in [5.41, 5.74) is 0.833. The molecule has 9 heteroatoms. The summed E-state index contributed by atoms with van der Waals surface area (Å²) >= 11 is 5.79. The molecule has 0 aliphatic heterocycles. The van der Waals surface area contributed by atoms with Crippen molar-refractivity contribution in [2.75, 3.05) is 0 Å². The van der Waals surface area contributed by atoms with Crippen LogP contribution >= 0.6 is 11.8 Å². The second-order valence-electron chi connectivity index (χ2n) is 16.2. The van der Waals surface area contributed by atoms with Gasteiger partial charge in [-0.25, -0.2) is 9.63 Å². The number of esters is 2. The van der Waals surface area contributed by atoms with Crippen LogP contribution in [0.15, 0.2) is 60.7 Å². The Morgan fingerprint density at radius 1 is 0.792 bits per heavy atom. The predicted molar refractivity (Wildman–Crippen MR) is 215 cm³/mol. The van der Waals surface area contributed by atoms with Crippen molar-refractivity contribution in [3.8, 4) is 0 Å². The fourth-order valence-electron chi connectivity index (χ4n) is 7.09. The van der Waals surface area contributed by atoms with Gasteiger partial charge in [0, 0.05) is 0 Å². The fourth-order valence-corrected chi connectivity index (χ4v) is 7.31. The molecule has 0 radical (unpaired) electrons. The van der Waals surface area contributed by atoms with Crippen molar-refractivity contribution in [3.63, 3.8) is 0 Å². The molecule has 4 rings (SSSR count). The Labute approximate surface area is 325 Å². The Bertz CT molecular complexity index is 1310. The van der Waals surface area contributed by atoms with Crippen molar-refractivity contribution in [3.05, 3.63) is 71.8 Å². The summed E-state index contributed by atoms with van der Waals surface area (Å²) in [5, 5.41) is 18.9. The molecule has 8 nitrogen and oxygen atoms in total. The first-order chi connectivity index (χ1) is 24.9. The largest absolute Gasteiger partial charge is 0.481 e. The van der Waals surface area contributed by atoms with E-state index in [2.05, 4.69) is 46.4 Å². The molecule has 0 saturated heterocycles. The van der Waals surface area contributed by atoms with Gasteiger partial charge in [-0.05, 0) is 105 Å². The molecule has 0 aromatic heterocycles. The lowest BCUT2D eigenvalue weighted by Crippen LogP contribution is -2.38. The molecular weight excluding hydrogens is 690 g/mol. The highest BCUT2D eigenvalue weighted by Gasteiger charge is 2.35. The maximum atomic E-state index is 12.5. The van der Waals surface area contributed by atoms with E-state index < -0.39 is 29.5 Å². The number of hydrogen-bond acceptors (Lipinski definition) is 7. The Morgan fingerprint density at radius 2 is 1.26 bits per heavy atom. The minimum Gasteiger partial charge on any atom is -0.481 e. The first kappa shape index (κ1) is 48.1. The molecule has 2 fully saturated rings. The van der Waals surface area contributed by atoms with Gasteiger partial charge in [0.2, 0.25) is 0 Å². The minimum atomic E-state index is -1.02. The molecule has 2 aliphatic rings. The maximum Gasteiger partial charge on any atom is 0.329 e. The Kier molecular flexibility index (Phi) is 22.2. The number of ether oxygens (including phenoxy) is 2. The Hall–Kier alpha value is -2.94. The molecular formula is C44H70ClNO7. The third kappa shape index (κ3) is 17.8. The van der Waals surface area contributed by atoms with Crippen molar-refractivity contribution in [1.29, 1.82) is 0 Å². The third-order valence-corrected chi connectivity index (χ3v) is 10.2. The quantitative estimate of drug-likeness (QED) is 0.162. The van der Waals surface area contributed by atoms with Crippen LogP contribution in [0.5, 0.6) is 0 Å². The average Bonchev–Trinajstić information content (AvgIpc) is 3.09. The number of aliphatic hydroxyl groups excluding tert-OH is 1. The van der Waals surface area contributed by atoms with Gasteiger partial charge in [-0.2, -0.15) is 0 Å². The number of halogens is 1. The molecule has 0 amide bonds. The van der Waals surface area contributed by atoms with Crippen LogP contribution in [0.2, 0.25) is 0 Å². The monoisotopic (exact) mass is 759 g/mol. The highest BCUT2D eigenvalue weighted by molar-refractivity contribution is 6.14. The van der Waals surface area contributed by atoms with Gasteiger partial charge in [0.05, 0.1) is 18.4 Å². The highest BCUT2D eigenvalue weighted by Crippen LogP contribution is 2.36. The standard InChI is InChI=1S/C18H26ClNO2.C14H18O4.C10H20O.C2H6/c1-12(2)15-10-9-13(3)11-16(15)22-18(21)17(20-19)14-7-5-4-6-8-14;1-14(2,3)18-12(15)9-11(13(16)17)10-7-5-4-6-8-10;1-7(2)9-5-4-8(3)6-10(9)11;1-2/h4-8,12-13,15-17,20H,9-11H2,1-3H3;4-8,11H,9H2,1-3H3,(H,16,17);7-11H,4-6H2,1-3H3;1-2H3/t13-,15+,16-,17+;11-;8-,9+,10-;/m101./s1. The second kappa shape index (κ2) is 24.5. The molecule has 8 atom stereocenters. The SMILES string of the molecule is CC.CC(C)(C)OC(=O)C[C@H](C(=O)O)c1ccccc1.CC(C)[C@@H]1CC[C@@H](C)C[C@H]1O.CC(C)[C@@H]1CC[C@@H](C)C[C@H]1OC(=O)[C@@H](NCl)c1ccccc1. The van der Waals surface area contributed by atoms with Crippen LogP contribution in [-0.2, 0) is 23.9 Å². The van der Waals surface area contributed by atoms with Gasteiger partial charge < -0.3 is 19.7 Å². The molecule has 2 aromatic carbocycles. The van der Waals surface area contributed by atoms with Crippen molar-refractivity contribution in [2.24, 2.45) is 35.5 Å². The molecule has 2 aliphatic carbocycles. The van der Waals surface area contributed by atoms with E-state index >= 15 is 0 Å². The zero-order valence-electron chi connectivity index (χ0n) is 34.3. The zero-order valence-corrected chi connectivity index (χ0v) is 35.1. The van der Waals surface area contributed by atoms with E-state index in [1.165, 1.54) is 19.3 Å². The molecule has 0 spiro atoms. The zero-order chi connectivity index (χ0) is 40.3. The molecule has 0 bridgehead atoms. The van der Waals surface area contributed by atoms with Gasteiger partial charge in [-0.3, -0.25) is 9.59 Å². The van der Waals surface area contributed by atoms with Crippen LogP contribution in [0, 0.1) is 35.5 Å². The molecule has 0 heterocycles. The number of aliphatic carboxylic acids is 1. The lowest BCUT2D eigenvalue weighted by molar-refractivity contribution is -0.158. The summed E-state index contributed by atoms with van der Waals surface area (Å²) in [7, 11) is 0. The van der Waals surface area contributed by atoms with Crippen LogP contribution in [-0.4, -0.2) is 45.9 Å². The molecule has 300 valence electrons. The smallest absolute Gasteiger partial charge is 0.329 e. The van der Waals surface area contributed by atoms with Crippen LogP contribution in [0.25, 0.3) is 0 Å². The summed E-state index contributed by atoms with van der Waals surface area (Å²) in [4.78, 5) is 38.0. The minimum absolute atomic E-state index is 0.00696. The number of carboxylic acid groups (broad SMARTS) is 1. The summed E-state index contributed by atoms with van der Waals surface area (Å²) in [6, 6.07) is 17.5. The van der Waals surface area contributed by atoms with Gasteiger partial charge in [-0.1, -0.05) is 129 Å². The number of nitrogens with one attached hydrogen (secondary N) is 1. The lowest BCUT2D eigenvalue weighted by Gasteiger charge is -2.37. The van der Waals surface area contributed by atoms with Crippen LogP contribution < -0.4 is 4.84 Å².